The molecular formula is C11H20N4. The SMILES string of the molecule is CC(N)CN(CC(C)C#N)CC(C)C#N. The van der Waals surface area contributed by atoms with Crippen molar-refractivity contribution in [1.29, 1.82) is 10.5 Å². The monoisotopic (exact) mass is 208 g/mol. The van der Waals surface area contributed by atoms with Crippen LogP contribution in [-0.2, 0) is 0 Å². The van der Waals surface area contributed by atoms with Crippen molar-refractivity contribution in [3.8, 4) is 12.1 Å². The third-order valence-electron chi connectivity index (χ3n) is 2.05. The molecule has 84 valence electrons. The highest BCUT2D eigenvalue weighted by Crippen LogP contribution is 2.04. The molecule has 0 saturated carbocycles. The van der Waals surface area contributed by atoms with Crippen LogP contribution in [0.5, 0.6) is 0 Å². The molecule has 0 fully saturated rings. The average Bonchev–Trinajstić information content (AvgIpc) is 2.16. The summed E-state index contributed by atoms with van der Waals surface area (Å²) in [5, 5.41) is 17.5. The lowest BCUT2D eigenvalue weighted by Gasteiger charge is -2.25. The molecule has 4 nitrogen and oxygen atoms in total. The van der Waals surface area contributed by atoms with Crippen molar-refractivity contribution in [3.63, 3.8) is 0 Å². The topological polar surface area (TPSA) is 76.8 Å². The summed E-state index contributed by atoms with van der Waals surface area (Å²) in [6.07, 6.45) is 0. The van der Waals surface area contributed by atoms with E-state index in [1.54, 1.807) is 0 Å². The van der Waals surface area contributed by atoms with Gasteiger partial charge in [0.25, 0.3) is 0 Å². The van der Waals surface area contributed by atoms with Gasteiger partial charge in [-0.25, -0.2) is 0 Å². The van der Waals surface area contributed by atoms with Crippen molar-refractivity contribution in [2.24, 2.45) is 17.6 Å². The molecule has 0 aromatic heterocycles. The predicted octanol–water partition coefficient (Wildman–Crippen LogP) is 0.955. The van der Waals surface area contributed by atoms with Crippen molar-refractivity contribution in [2.75, 3.05) is 19.6 Å². The van der Waals surface area contributed by atoms with Gasteiger partial charge in [-0.1, -0.05) is 0 Å². The van der Waals surface area contributed by atoms with Crippen molar-refractivity contribution >= 4 is 0 Å². The van der Waals surface area contributed by atoms with Crippen molar-refractivity contribution in [2.45, 2.75) is 26.8 Å². The molecule has 0 aliphatic heterocycles. The van der Waals surface area contributed by atoms with E-state index in [-0.39, 0.29) is 17.9 Å². The highest BCUT2D eigenvalue weighted by molar-refractivity contribution is 4.86. The Hall–Kier alpha value is -1.10. The predicted molar refractivity (Wildman–Crippen MR) is 59.6 cm³/mol. The minimum absolute atomic E-state index is 0.0188. The summed E-state index contributed by atoms with van der Waals surface area (Å²) in [7, 11) is 0. The Balaban J connectivity index is 4.20. The molecule has 0 aliphatic carbocycles. The Morgan fingerprint density at radius 1 is 1.00 bits per heavy atom. The first kappa shape index (κ1) is 13.9. The van der Waals surface area contributed by atoms with E-state index >= 15 is 0 Å². The zero-order valence-electron chi connectivity index (χ0n) is 9.77. The van der Waals surface area contributed by atoms with Crippen LogP contribution in [0.25, 0.3) is 0 Å². The molecule has 15 heavy (non-hydrogen) atoms. The van der Waals surface area contributed by atoms with Crippen LogP contribution < -0.4 is 5.73 Å². The van der Waals surface area contributed by atoms with Gasteiger partial charge in [0.2, 0.25) is 0 Å². The molecule has 0 rings (SSSR count). The lowest BCUT2D eigenvalue weighted by atomic mass is 10.1. The number of hydrogen-bond donors (Lipinski definition) is 1. The molecule has 0 aromatic carbocycles. The second-order valence-corrected chi connectivity index (χ2v) is 4.26. The third-order valence-corrected chi connectivity index (χ3v) is 2.05. The molecule has 3 atom stereocenters. The second kappa shape index (κ2) is 7.23. The number of nitriles is 2. The quantitative estimate of drug-likeness (QED) is 0.705. The molecular weight excluding hydrogens is 188 g/mol. The van der Waals surface area contributed by atoms with E-state index < -0.39 is 0 Å². The van der Waals surface area contributed by atoms with Gasteiger partial charge in [-0.15, -0.1) is 0 Å². The summed E-state index contributed by atoms with van der Waals surface area (Å²) in [6.45, 7) is 7.80. The smallest absolute Gasteiger partial charge is 0.0666 e. The van der Waals surface area contributed by atoms with Crippen molar-refractivity contribution in [3.05, 3.63) is 0 Å². The van der Waals surface area contributed by atoms with Crippen LogP contribution in [0.3, 0.4) is 0 Å². The summed E-state index contributed by atoms with van der Waals surface area (Å²) in [4.78, 5) is 2.09. The molecule has 0 amide bonds. The number of nitrogens with two attached hydrogens (primary N) is 1. The Morgan fingerprint density at radius 2 is 1.40 bits per heavy atom. The fourth-order valence-corrected chi connectivity index (χ4v) is 1.49. The van der Waals surface area contributed by atoms with E-state index in [4.69, 9.17) is 16.3 Å². The molecule has 4 heteroatoms. The second-order valence-electron chi connectivity index (χ2n) is 4.26. The number of nitrogens with zero attached hydrogens (tertiary/aromatic N) is 3. The summed E-state index contributed by atoms with van der Waals surface area (Å²) >= 11 is 0. The van der Waals surface area contributed by atoms with E-state index in [1.165, 1.54) is 0 Å². The zero-order valence-corrected chi connectivity index (χ0v) is 9.77. The summed E-state index contributed by atoms with van der Waals surface area (Å²) in [5.41, 5.74) is 5.72. The molecule has 0 heterocycles. The van der Waals surface area contributed by atoms with Crippen LogP contribution in [0.1, 0.15) is 20.8 Å². The Morgan fingerprint density at radius 3 is 1.67 bits per heavy atom. The van der Waals surface area contributed by atoms with Crippen molar-refractivity contribution in [1.82, 2.24) is 4.90 Å². The van der Waals surface area contributed by atoms with Crippen molar-refractivity contribution < 1.29 is 0 Å². The number of hydrogen-bond acceptors (Lipinski definition) is 4. The average molecular weight is 208 g/mol. The third kappa shape index (κ3) is 6.90. The van der Waals surface area contributed by atoms with E-state index in [0.717, 1.165) is 6.54 Å². The minimum Gasteiger partial charge on any atom is -0.327 e. The fraction of sp³-hybridized carbons (Fsp3) is 0.818. The zero-order chi connectivity index (χ0) is 11.8. The van der Waals surface area contributed by atoms with E-state index in [2.05, 4.69) is 17.0 Å². The summed E-state index contributed by atoms with van der Waals surface area (Å²) in [6, 6.07) is 4.46. The van der Waals surface area contributed by atoms with Crippen LogP contribution in [0, 0.1) is 34.5 Å². The normalized spacial score (nSPS) is 16.5. The number of rotatable bonds is 6. The molecule has 0 spiro atoms. The highest BCUT2D eigenvalue weighted by Gasteiger charge is 2.14. The maximum Gasteiger partial charge on any atom is 0.0666 e. The van der Waals surface area contributed by atoms with Gasteiger partial charge in [0.1, 0.15) is 0 Å². The Labute approximate surface area is 92.3 Å². The van der Waals surface area contributed by atoms with Crippen LogP contribution in [0.2, 0.25) is 0 Å². The van der Waals surface area contributed by atoms with Crippen LogP contribution >= 0.6 is 0 Å². The molecule has 2 N–H and O–H groups in total. The molecule has 0 radical (unpaired) electrons. The highest BCUT2D eigenvalue weighted by atomic mass is 15.1. The van der Waals surface area contributed by atoms with Gasteiger partial charge in [0.15, 0.2) is 0 Å². The van der Waals surface area contributed by atoms with Gasteiger partial charge in [-0.05, 0) is 20.8 Å². The molecule has 0 bridgehead atoms. The van der Waals surface area contributed by atoms with Gasteiger partial charge in [-0.2, -0.15) is 10.5 Å². The summed E-state index contributed by atoms with van der Waals surface area (Å²) in [5.74, 6) is -0.0377. The van der Waals surface area contributed by atoms with Gasteiger partial charge >= 0.3 is 0 Å². The van der Waals surface area contributed by atoms with Crippen LogP contribution in [0.4, 0.5) is 0 Å². The standard InChI is InChI=1S/C11H20N4/c1-9(4-12)6-15(8-11(3)14)7-10(2)5-13/h9-11H,6-8,14H2,1-3H3. The summed E-state index contributed by atoms with van der Waals surface area (Å²) < 4.78 is 0. The van der Waals surface area contributed by atoms with Gasteiger partial charge in [0, 0.05) is 25.7 Å². The molecule has 0 saturated heterocycles. The first-order chi connectivity index (χ1) is 6.99. The minimum atomic E-state index is -0.0188. The molecule has 0 aliphatic rings. The van der Waals surface area contributed by atoms with E-state index in [1.807, 2.05) is 20.8 Å². The van der Waals surface area contributed by atoms with E-state index in [0.29, 0.717) is 13.1 Å². The van der Waals surface area contributed by atoms with Gasteiger partial charge in [0.05, 0.1) is 24.0 Å². The van der Waals surface area contributed by atoms with Crippen LogP contribution in [-0.4, -0.2) is 30.6 Å². The lowest BCUT2D eigenvalue weighted by molar-refractivity contribution is 0.229. The maximum atomic E-state index is 8.74. The van der Waals surface area contributed by atoms with Crippen LogP contribution in [0.15, 0.2) is 0 Å². The molecule has 0 aromatic rings. The van der Waals surface area contributed by atoms with E-state index in [9.17, 15) is 0 Å². The first-order valence-electron chi connectivity index (χ1n) is 5.26. The molecule has 3 unspecified atom stereocenters. The van der Waals surface area contributed by atoms with Gasteiger partial charge in [-0.3, -0.25) is 4.90 Å². The largest absolute Gasteiger partial charge is 0.327 e. The Kier molecular flexibility index (Phi) is 6.70. The lowest BCUT2D eigenvalue weighted by Crippen LogP contribution is -2.40. The Bertz CT molecular complexity index is 226. The fourth-order valence-electron chi connectivity index (χ4n) is 1.49. The van der Waals surface area contributed by atoms with Gasteiger partial charge < -0.3 is 5.73 Å². The first-order valence-corrected chi connectivity index (χ1v) is 5.26. The maximum absolute atomic E-state index is 8.74.